The predicted octanol–water partition coefficient (Wildman–Crippen LogP) is -1.30. The molecule has 23 heavy (non-hydrogen) atoms. The van der Waals surface area contributed by atoms with E-state index in [1.54, 1.807) is 0 Å². The Labute approximate surface area is 135 Å². The second kappa shape index (κ2) is 6.78. The molecule has 3 N–H and O–H groups in total. The van der Waals surface area contributed by atoms with Crippen LogP contribution in [0.5, 0.6) is 0 Å². The highest BCUT2D eigenvalue weighted by Crippen LogP contribution is 2.11. The number of amides is 2. The van der Waals surface area contributed by atoms with Crippen LogP contribution in [0, 0.1) is 0 Å². The largest absolute Gasteiger partial charge is 0.334 e. The Balaban J connectivity index is 1.69. The molecule has 1 fully saturated rings. The van der Waals surface area contributed by atoms with E-state index >= 15 is 0 Å². The van der Waals surface area contributed by atoms with Gasteiger partial charge in [0.2, 0.25) is 17.8 Å². The van der Waals surface area contributed by atoms with Gasteiger partial charge in [0, 0.05) is 5.69 Å². The first-order valence-corrected chi connectivity index (χ1v) is 7.91. The quantitative estimate of drug-likeness (QED) is 0.635. The van der Waals surface area contributed by atoms with Crippen LogP contribution in [0.4, 0.5) is 5.69 Å². The molecule has 0 bridgehead atoms. The van der Waals surface area contributed by atoms with Crippen molar-refractivity contribution in [3.8, 4) is 0 Å². The summed E-state index contributed by atoms with van der Waals surface area (Å²) in [7, 11) is 2.15. The first kappa shape index (κ1) is 15.5. The summed E-state index contributed by atoms with van der Waals surface area (Å²) in [6.45, 7) is 3.65. The molecule has 7 nitrogen and oxygen atoms in total. The number of nitrogens with zero attached hydrogens (tertiary/aromatic N) is 2. The molecule has 2 amide bonds. The summed E-state index contributed by atoms with van der Waals surface area (Å²) in [5.41, 5.74) is 0.712. The van der Waals surface area contributed by atoms with Crippen LogP contribution in [0.1, 0.15) is 6.42 Å². The second-order valence-electron chi connectivity index (χ2n) is 6.02. The van der Waals surface area contributed by atoms with Crippen LogP contribution in [0.15, 0.2) is 35.3 Å². The average Bonchev–Trinajstić information content (AvgIpc) is 2.56. The molecular weight excluding hydrogens is 294 g/mol. The number of carbonyl (C=O) groups excluding carboxylic acids is 2. The van der Waals surface area contributed by atoms with E-state index < -0.39 is 6.04 Å². The molecule has 2 aliphatic rings. The highest BCUT2D eigenvalue weighted by Gasteiger charge is 2.30. The van der Waals surface area contributed by atoms with Gasteiger partial charge in [-0.05, 0) is 12.1 Å². The van der Waals surface area contributed by atoms with E-state index in [1.165, 1.54) is 4.90 Å². The lowest BCUT2D eigenvalue weighted by molar-refractivity contribution is -0.883. The minimum atomic E-state index is -0.675. The summed E-state index contributed by atoms with van der Waals surface area (Å²) in [5, 5.41) is 5.61. The number of para-hydroxylation sites is 1. The molecular formula is C16H22N5O2+. The van der Waals surface area contributed by atoms with E-state index in [0.717, 1.165) is 26.2 Å². The van der Waals surface area contributed by atoms with Crippen molar-refractivity contribution >= 4 is 23.5 Å². The third-order valence-corrected chi connectivity index (χ3v) is 4.17. The minimum Gasteiger partial charge on any atom is -0.334 e. The first-order chi connectivity index (χ1) is 11.1. The fourth-order valence-electron chi connectivity index (χ4n) is 2.74. The molecule has 0 spiro atoms. The van der Waals surface area contributed by atoms with E-state index in [1.807, 2.05) is 35.2 Å². The van der Waals surface area contributed by atoms with Gasteiger partial charge in [-0.2, -0.15) is 0 Å². The van der Waals surface area contributed by atoms with E-state index in [2.05, 4.69) is 22.7 Å². The Morgan fingerprint density at radius 1 is 1.30 bits per heavy atom. The van der Waals surface area contributed by atoms with Gasteiger partial charge < -0.3 is 15.1 Å². The molecule has 1 saturated heterocycles. The number of benzene rings is 1. The lowest BCUT2D eigenvalue weighted by Crippen LogP contribution is -3.12. The van der Waals surface area contributed by atoms with Gasteiger partial charge in [0.1, 0.15) is 6.04 Å². The monoisotopic (exact) mass is 316 g/mol. The number of quaternary nitrogens is 1. The molecule has 1 atom stereocenters. The summed E-state index contributed by atoms with van der Waals surface area (Å²) >= 11 is 0. The van der Waals surface area contributed by atoms with Crippen LogP contribution in [0.25, 0.3) is 0 Å². The van der Waals surface area contributed by atoms with Crippen LogP contribution in [-0.2, 0) is 9.59 Å². The molecule has 122 valence electrons. The summed E-state index contributed by atoms with van der Waals surface area (Å²) in [4.78, 5) is 32.3. The number of guanidine groups is 1. The number of rotatable bonds is 2. The van der Waals surface area contributed by atoms with Crippen LogP contribution in [0.3, 0.4) is 0 Å². The van der Waals surface area contributed by atoms with Crippen molar-refractivity contribution in [1.29, 1.82) is 0 Å². The van der Waals surface area contributed by atoms with Crippen molar-refractivity contribution in [2.45, 2.75) is 12.5 Å². The van der Waals surface area contributed by atoms with Gasteiger partial charge in [0.05, 0.1) is 39.6 Å². The maximum atomic E-state index is 12.4. The van der Waals surface area contributed by atoms with Gasteiger partial charge in [-0.3, -0.25) is 14.9 Å². The first-order valence-electron chi connectivity index (χ1n) is 7.91. The third kappa shape index (κ3) is 3.87. The summed E-state index contributed by atoms with van der Waals surface area (Å²) in [5.74, 6) is 0.125. The summed E-state index contributed by atoms with van der Waals surface area (Å²) in [6, 6.07) is 8.54. The van der Waals surface area contributed by atoms with Gasteiger partial charge in [-0.25, -0.2) is 4.99 Å². The number of hydrogen-bond acceptors (Lipinski definition) is 4. The number of carbonyl (C=O) groups is 2. The Kier molecular flexibility index (Phi) is 4.57. The lowest BCUT2D eigenvalue weighted by Gasteiger charge is -2.34. The van der Waals surface area contributed by atoms with E-state index in [0.29, 0.717) is 11.6 Å². The van der Waals surface area contributed by atoms with Gasteiger partial charge >= 0.3 is 0 Å². The van der Waals surface area contributed by atoms with Crippen molar-refractivity contribution in [3.63, 3.8) is 0 Å². The average molecular weight is 316 g/mol. The van der Waals surface area contributed by atoms with E-state index in [9.17, 15) is 9.59 Å². The van der Waals surface area contributed by atoms with Crippen molar-refractivity contribution < 1.29 is 14.5 Å². The van der Waals surface area contributed by atoms with Gasteiger partial charge in [0.25, 0.3) is 0 Å². The molecule has 0 aromatic heterocycles. The molecule has 2 aliphatic heterocycles. The molecule has 1 aromatic rings. The Morgan fingerprint density at radius 2 is 2.00 bits per heavy atom. The maximum Gasteiger partial charge on any atom is 0.249 e. The third-order valence-electron chi connectivity index (χ3n) is 4.17. The molecule has 0 aliphatic carbocycles. The molecule has 1 aromatic carbocycles. The van der Waals surface area contributed by atoms with E-state index in [4.69, 9.17) is 0 Å². The number of anilines is 1. The Morgan fingerprint density at radius 3 is 2.70 bits per heavy atom. The molecule has 3 rings (SSSR count). The van der Waals surface area contributed by atoms with Crippen molar-refractivity contribution in [1.82, 2.24) is 10.2 Å². The van der Waals surface area contributed by atoms with Crippen molar-refractivity contribution in [2.24, 2.45) is 4.99 Å². The van der Waals surface area contributed by atoms with Crippen molar-refractivity contribution in [3.05, 3.63) is 30.3 Å². The SMILES string of the molecule is C[NH+]1CCN(C2=N[C@H](C(=O)Nc3ccccc3)CC(=O)N2)CC1. The van der Waals surface area contributed by atoms with Gasteiger partial charge in [0.15, 0.2) is 0 Å². The zero-order valence-corrected chi connectivity index (χ0v) is 13.2. The van der Waals surface area contributed by atoms with Gasteiger partial charge in [-0.15, -0.1) is 0 Å². The molecule has 0 saturated carbocycles. The zero-order chi connectivity index (χ0) is 16.2. The highest BCUT2D eigenvalue weighted by molar-refractivity contribution is 6.05. The fraction of sp³-hybridized carbons (Fsp3) is 0.438. The van der Waals surface area contributed by atoms with Crippen LogP contribution >= 0.6 is 0 Å². The summed E-state index contributed by atoms with van der Waals surface area (Å²) < 4.78 is 0. The van der Waals surface area contributed by atoms with Gasteiger partial charge in [-0.1, -0.05) is 18.2 Å². The topological polar surface area (TPSA) is 78.2 Å². The zero-order valence-electron chi connectivity index (χ0n) is 13.2. The van der Waals surface area contributed by atoms with Crippen LogP contribution in [-0.4, -0.2) is 61.9 Å². The number of hydrogen-bond donors (Lipinski definition) is 3. The number of piperazine rings is 1. The van der Waals surface area contributed by atoms with Crippen molar-refractivity contribution in [2.75, 3.05) is 38.5 Å². The number of aliphatic imine (C=N–C) groups is 1. The predicted molar refractivity (Wildman–Crippen MR) is 87.2 cm³/mol. The molecule has 7 heteroatoms. The molecule has 0 unspecified atom stereocenters. The molecule has 0 radical (unpaired) electrons. The van der Waals surface area contributed by atoms with E-state index in [-0.39, 0.29) is 18.2 Å². The highest BCUT2D eigenvalue weighted by atomic mass is 16.2. The standard InChI is InChI=1S/C16H21N5O2/c1-20-7-9-21(10-8-20)16-18-13(11-14(22)19-16)15(23)17-12-5-3-2-4-6-12/h2-6,13H,7-11H2,1H3,(H,17,23)(H,18,19,22)/p+1/t13-/m0/s1. The van der Waals surface area contributed by atoms with Crippen LogP contribution in [0.2, 0.25) is 0 Å². The fourth-order valence-corrected chi connectivity index (χ4v) is 2.74. The smallest absolute Gasteiger partial charge is 0.249 e. The van der Waals surface area contributed by atoms with Crippen LogP contribution < -0.4 is 15.5 Å². The minimum absolute atomic E-state index is 0.0845. The lowest BCUT2D eigenvalue weighted by atomic mass is 10.1. The molecule has 2 heterocycles. The number of nitrogens with one attached hydrogen (secondary N) is 3. The maximum absolute atomic E-state index is 12.4. The Bertz CT molecular complexity index is 608. The Hall–Kier alpha value is -2.41. The number of likely N-dealkylation sites (N-methyl/N-ethyl adjacent to an activating group) is 1. The normalized spacial score (nSPS) is 22.3. The second-order valence-corrected chi connectivity index (χ2v) is 6.02. The summed E-state index contributed by atoms with van der Waals surface area (Å²) in [6.07, 6.45) is 0.0845.